The van der Waals surface area contributed by atoms with Crippen LogP contribution in [-0.2, 0) is 0 Å². The molecule has 0 atom stereocenters. The summed E-state index contributed by atoms with van der Waals surface area (Å²) < 4.78 is 0. The van der Waals surface area contributed by atoms with E-state index in [1.165, 1.54) is 0 Å². The second kappa shape index (κ2) is 7.21. The summed E-state index contributed by atoms with van der Waals surface area (Å²) in [5.41, 5.74) is 0.494. The molecule has 1 rings (SSSR count). The van der Waals surface area contributed by atoms with Crippen molar-refractivity contribution in [2.75, 3.05) is 11.9 Å². The van der Waals surface area contributed by atoms with Crippen LogP contribution in [0.15, 0.2) is 12.3 Å². The molecule has 0 aliphatic rings. The number of aromatic nitrogens is 1. The SMILES string of the molecule is CCNc1ncc(C(=O)NC(CC)CC)cc1Cl. The van der Waals surface area contributed by atoms with E-state index < -0.39 is 0 Å². The first-order chi connectivity index (χ1) is 8.62. The summed E-state index contributed by atoms with van der Waals surface area (Å²) in [6.07, 6.45) is 3.37. The second-order valence-corrected chi connectivity index (χ2v) is 4.48. The molecule has 1 aromatic rings. The highest BCUT2D eigenvalue weighted by atomic mass is 35.5. The van der Waals surface area contributed by atoms with E-state index in [0.29, 0.717) is 16.4 Å². The lowest BCUT2D eigenvalue weighted by atomic mass is 10.1. The average Bonchev–Trinajstić information content (AvgIpc) is 2.38. The zero-order valence-corrected chi connectivity index (χ0v) is 11.8. The van der Waals surface area contributed by atoms with E-state index in [0.717, 1.165) is 19.4 Å². The highest BCUT2D eigenvalue weighted by molar-refractivity contribution is 6.33. The lowest BCUT2D eigenvalue weighted by Gasteiger charge is -2.15. The molecular formula is C13H20ClN3O. The van der Waals surface area contributed by atoms with E-state index in [2.05, 4.69) is 15.6 Å². The molecule has 1 heterocycles. The van der Waals surface area contributed by atoms with Gasteiger partial charge >= 0.3 is 0 Å². The molecule has 0 radical (unpaired) electrons. The number of halogens is 1. The summed E-state index contributed by atoms with van der Waals surface area (Å²) in [5.74, 6) is 0.486. The number of nitrogens with one attached hydrogen (secondary N) is 2. The Hall–Kier alpha value is -1.29. The van der Waals surface area contributed by atoms with Crippen molar-refractivity contribution < 1.29 is 4.79 Å². The van der Waals surface area contributed by atoms with Crippen LogP contribution in [0, 0.1) is 0 Å². The van der Waals surface area contributed by atoms with Gasteiger partial charge in [0.05, 0.1) is 10.6 Å². The normalized spacial score (nSPS) is 10.5. The van der Waals surface area contributed by atoms with Crippen molar-refractivity contribution in [1.82, 2.24) is 10.3 Å². The van der Waals surface area contributed by atoms with Crippen LogP contribution in [0.3, 0.4) is 0 Å². The number of carbonyl (C=O) groups excluding carboxylic acids is 1. The summed E-state index contributed by atoms with van der Waals surface area (Å²) in [4.78, 5) is 16.1. The second-order valence-electron chi connectivity index (χ2n) is 4.07. The van der Waals surface area contributed by atoms with Gasteiger partial charge in [-0.25, -0.2) is 4.98 Å². The van der Waals surface area contributed by atoms with Crippen molar-refractivity contribution in [2.45, 2.75) is 39.7 Å². The van der Waals surface area contributed by atoms with Gasteiger partial charge in [-0.15, -0.1) is 0 Å². The van der Waals surface area contributed by atoms with Crippen molar-refractivity contribution in [3.8, 4) is 0 Å². The van der Waals surface area contributed by atoms with Gasteiger partial charge in [-0.05, 0) is 25.8 Å². The Balaban J connectivity index is 2.78. The lowest BCUT2D eigenvalue weighted by molar-refractivity contribution is 0.0934. The maximum Gasteiger partial charge on any atom is 0.253 e. The third-order valence-corrected chi connectivity index (χ3v) is 3.06. The smallest absolute Gasteiger partial charge is 0.253 e. The number of carbonyl (C=O) groups is 1. The number of nitrogens with zero attached hydrogens (tertiary/aromatic N) is 1. The monoisotopic (exact) mass is 269 g/mol. The molecule has 0 bridgehead atoms. The Kier molecular flexibility index (Phi) is 5.92. The van der Waals surface area contributed by atoms with Gasteiger partial charge in [0, 0.05) is 18.8 Å². The van der Waals surface area contributed by atoms with E-state index >= 15 is 0 Å². The zero-order chi connectivity index (χ0) is 13.5. The van der Waals surface area contributed by atoms with Crippen LogP contribution in [0.4, 0.5) is 5.82 Å². The topological polar surface area (TPSA) is 54.0 Å². The van der Waals surface area contributed by atoms with Gasteiger partial charge < -0.3 is 10.6 Å². The number of rotatable bonds is 6. The molecular weight excluding hydrogens is 250 g/mol. The number of amides is 1. The summed E-state index contributed by atoms with van der Waals surface area (Å²) >= 11 is 6.05. The van der Waals surface area contributed by atoms with Crippen molar-refractivity contribution in [3.63, 3.8) is 0 Å². The predicted octanol–water partition coefficient (Wildman–Crippen LogP) is 3.09. The van der Waals surface area contributed by atoms with Crippen LogP contribution in [0.25, 0.3) is 0 Å². The van der Waals surface area contributed by atoms with Crippen LogP contribution in [0.5, 0.6) is 0 Å². The average molecular weight is 270 g/mol. The molecule has 0 unspecified atom stereocenters. The molecule has 0 saturated carbocycles. The fourth-order valence-electron chi connectivity index (χ4n) is 1.62. The van der Waals surface area contributed by atoms with Crippen LogP contribution >= 0.6 is 11.6 Å². The maximum atomic E-state index is 12.0. The predicted molar refractivity (Wildman–Crippen MR) is 75.2 cm³/mol. The Morgan fingerprint density at radius 2 is 2.06 bits per heavy atom. The minimum Gasteiger partial charge on any atom is -0.369 e. The van der Waals surface area contributed by atoms with Crippen molar-refractivity contribution in [3.05, 3.63) is 22.8 Å². The van der Waals surface area contributed by atoms with Crippen LogP contribution in [-0.4, -0.2) is 23.5 Å². The molecule has 18 heavy (non-hydrogen) atoms. The summed E-state index contributed by atoms with van der Waals surface area (Å²) in [6, 6.07) is 1.84. The van der Waals surface area contributed by atoms with Crippen LogP contribution in [0.2, 0.25) is 5.02 Å². The highest BCUT2D eigenvalue weighted by Gasteiger charge is 2.12. The van der Waals surface area contributed by atoms with Gasteiger partial charge in [0.25, 0.3) is 5.91 Å². The number of hydrogen-bond donors (Lipinski definition) is 2. The van der Waals surface area contributed by atoms with Gasteiger partial charge in [-0.3, -0.25) is 4.79 Å². The molecule has 0 spiro atoms. The van der Waals surface area contributed by atoms with Crippen molar-refractivity contribution in [2.24, 2.45) is 0 Å². The lowest BCUT2D eigenvalue weighted by Crippen LogP contribution is -2.33. The van der Waals surface area contributed by atoms with E-state index in [-0.39, 0.29) is 11.9 Å². The van der Waals surface area contributed by atoms with Crippen LogP contribution < -0.4 is 10.6 Å². The molecule has 0 saturated heterocycles. The fourth-order valence-corrected chi connectivity index (χ4v) is 1.85. The third kappa shape index (κ3) is 3.88. The first-order valence-corrected chi connectivity index (χ1v) is 6.70. The van der Waals surface area contributed by atoms with Gasteiger partial charge in [-0.2, -0.15) is 0 Å². The molecule has 0 fully saturated rings. The molecule has 0 aliphatic heterocycles. The Morgan fingerprint density at radius 1 is 1.39 bits per heavy atom. The van der Waals surface area contributed by atoms with Gasteiger partial charge in [-0.1, -0.05) is 25.4 Å². The van der Waals surface area contributed by atoms with E-state index in [1.54, 1.807) is 12.3 Å². The third-order valence-electron chi connectivity index (χ3n) is 2.77. The largest absolute Gasteiger partial charge is 0.369 e. The molecule has 1 amide bonds. The molecule has 0 aromatic carbocycles. The van der Waals surface area contributed by atoms with E-state index in [4.69, 9.17) is 11.6 Å². The molecule has 2 N–H and O–H groups in total. The molecule has 4 nitrogen and oxygen atoms in total. The number of pyridine rings is 1. The molecule has 0 aliphatic carbocycles. The van der Waals surface area contributed by atoms with Gasteiger partial charge in [0.15, 0.2) is 0 Å². The first kappa shape index (κ1) is 14.8. The molecule has 5 heteroatoms. The van der Waals surface area contributed by atoms with E-state index in [1.807, 2.05) is 20.8 Å². The summed E-state index contributed by atoms with van der Waals surface area (Å²) in [7, 11) is 0. The summed E-state index contributed by atoms with van der Waals surface area (Å²) in [6.45, 7) is 6.81. The quantitative estimate of drug-likeness (QED) is 0.834. The van der Waals surface area contributed by atoms with Gasteiger partial charge in [0.1, 0.15) is 5.82 Å². The minimum absolute atomic E-state index is 0.124. The van der Waals surface area contributed by atoms with Crippen LogP contribution in [0.1, 0.15) is 44.0 Å². The molecule has 1 aromatic heterocycles. The highest BCUT2D eigenvalue weighted by Crippen LogP contribution is 2.19. The zero-order valence-electron chi connectivity index (χ0n) is 11.1. The van der Waals surface area contributed by atoms with Gasteiger partial charge in [0.2, 0.25) is 0 Å². The van der Waals surface area contributed by atoms with Crippen molar-refractivity contribution >= 4 is 23.3 Å². The fraction of sp³-hybridized carbons (Fsp3) is 0.538. The molecule has 100 valence electrons. The number of hydrogen-bond acceptors (Lipinski definition) is 3. The maximum absolute atomic E-state index is 12.0. The first-order valence-electron chi connectivity index (χ1n) is 6.32. The Morgan fingerprint density at radius 3 is 2.56 bits per heavy atom. The Bertz CT molecular complexity index is 405. The number of anilines is 1. The summed E-state index contributed by atoms with van der Waals surface area (Å²) in [5, 5.41) is 6.45. The van der Waals surface area contributed by atoms with E-state index in [9.17, 15) is 4.79 Å². The standard InChI is InChI=1S/C13H20ClN3O/c1-4-10(5-2)17-13(18)9-7-11(14)12(15-6-3)16-8-9/h7-8,10H,4-6H2,1-3H3,(H,15,16)(H,17,18). The van der Waals surface area contributed by atoms with Crippen molar-refractivity contribution in [1.29, 1.82) is 0 Å². The minimum atomic E-state index is -0.124. The Labute approximate surface area is 113 Å².